The highest BCUT2D eigenvalue weighted by atomic mass is 16.5. The summed E-state index contributed by atoms with van der Waals surface area (Å²) in [5.74, 6) is 1.94. The first-order valence-corrected chi connectivity index (χ1v) is 7.18. The van der Waals surface area contributed by atoms with Gasteiger partial charge >= 0.3 is 0 Å². The molecule has 1 saturated carbocycles. The highest BCUT2D eigenvalue weighted by Crippen LogP contribution is 2.34. The number of rotatable bonds is 8. The second-order valence-electron chi connectivity index (χ2n) is 5.39. The van der Waals surface area contributed by atoms with Gasteiger partial charge in [0.1, 0.15) is 5.75 Å². The zero-order valence-corrected chi connectivity index (χ0v) is 11.6. The van der Waals surface area contributed by atoms with Gasteiger partial charge in [0.05, 0.1) is 7.11 Å². The molecule has 1 aliphatic carbocycles. The van der Waals surface area contributed by atoms with Gasteiger partial charge in [0.25, 0.3) is 0 Å². The molecule has 1 N–H and O–H groups in total. The molecule has 0 bridgehead atoms. The summed E-state index contributed by atoms with van der Waals surface area (Å²) in [5, 5.41) is 3.69. The average molecular weight is 247 g/mol. The Balaban J connectivity index is 1.92. The summed E-state index contributed by atoms with van der Waals surface area (Å²) in [6.45, 7) is 3.36. The van der Waals surface area contributed by atoms with Crippen LogP contribution >= 0.6 is 0 Å². The predicted octanol–water partition coefficient (Wildman–Crippen LogP) is 3.41. The normalized spacial score (nSPS) is 16.6. The van der Waals surface area contributed by atoms with E-state index in [4.69, 9.17) is 4.74 Å². The van der Waals surface area contributed by atoms with Crippen LogP contribution in [0, 0.1) is 5.92 Å². The lowest BCUT2D eigenvalue weighted by Crippen LogP contribution is -2.32. The van der Waals surface area contributed by atoms with Crippen molar-refractivity contribution in [1.82, 2.24) is 5.32 Å². The third kappa shape index (κ3) is 4.34. The zero-order chi connectivity index (χ0) is 12.8. The van der Waals surface area contributed by atoms with Crippen molar-refractivity contribution >= 4 is 0 Å². The molecule has 2 rings (SSSR count). The van der Waals surface area contributed by atoms with Gasteiger partial charge in [-0.15, -0.1) is 0 Å². The highest BCUT2D eigenvalue weighted by molar-refractivity contribution is 5.29. The van der Waals surface area contributed by atoms with Crippen molar-refractivity contribution in [3.05, 3.63) is 29.8 Å². The number of nitrogens with one attached hydrogen (secondary N) is 1. The molecule has 1 aromatic rings. The first-order valence-electron chi connectivity index (χ1n) is 7.18. The Hall–Kier alpha value is -1.02. The van der Waals surface area contributed by atoms with Crippen LogP contribution in [0.2, 0.25) is 0 Å². The Bertz CT molecular complexity index is 360. The molecule has 18 heavy (non-hydrogen) atoms. The minimum atomic E-state index is 0.629. The molecule has 0 saturated heterocycles. The molecular formula is C16H25NO. The Labute approximate surface area is 111 Å². The van der Waals surface area contributed by atoms with Crippen molar-refractivity contribution in [3.8, 4) is 5.75 Å². The van der Waals surface area contributed by atoms with Crippen LogP contribution in [-0.2, 0) is 6.42 Å². The van der Waals surface area contributed by atoms with Crippen LogP contribution in [0.4, 0.5) is 0 Å². The lowest BCUT2D eigenvalue weighted by atomic mass is 10.0. The Morgan fingerprint density at radius 3 is 2.89 bits per heavy atom. The SMILES string of the molecule is CCCNC(Cc1cccc(OC)c1)CC1CC1. The van der Waals surface area contributed by atoms with E-state index in [1.165, 1.54) is 31.2 Å². The summed E-state index contributed by atoms with van der Waals surface area (Å²) in [5.41, 5.74) is 1.38. The third-order valence-electron chi connectivity index (χ3n) is 3.61. The van der Waals surface area contributed by atoms with Gasteiger partial charge in [0.2, 0.25) is 0 Å². The van der Waals surface area contributed by atoms with Crippen LogP contribution in [0.15, 0.2) is 24.3 Å². The Morgan fingerprint density at radius 2 is 2.22 bits per heavy atom. The molecule has 0 radical (unpaired) electrons. The van der Waals surface area contributed by atoms with Crippen LogP contribution in [-0.4, -0.2) is 19.7 Å². The molecule has 2 nitrogen and oxygen atoms in total. The molecule has 1 aromatic carbocycles. The van der Waals surface area contributed by atoms with Crippen molar-refractivity contribution in [2.75, 3.05) is 13.7 Å². The summed E-state index contributed by atoms with van der Waals surface area (Å²) < 4.78 is 5.29. The number of hydrogen-bond acceptors (Lipinski definition) is 2. The smallest absolute Gasteiger partial charge is 0.119 e. The van der Waals surface area contributed by atoms with Gasteiger partial charge in [-0.3, -0.25) is 0 Å². The van der Waals surface area contributed by atoms with E-state index in [-0.39, 0.29) is 0 Å². The number of ether oxygens (including phenoxy) is 1. The fourth-order valence-corrected chi connectivity index (χ4v) is 2.43. The van der Waals surface area contributed by atoms with Crippen molar-refractivity contribution in [2.45, 2.75) is 45.1 Å². The van der Waals surface area contributed by atoms with E-state index >= 15 is 0 Å². The van der Waals surface area contributed by atoms with E-state index in [1.54, 1.807) is 7.11 Å². The van der Waals surface area contributed by atoms with Gasteiger partial charge < -0.3 is 10.1 Å². The quantitative estimate of drug-likeness (QED) is 0.760. The molecule has 0 aliphatic heterocycles. The maximum Gasteiger partial charge on any atom is 0.119 e. The number of benzene rings is 1. The van der Waals surface area contributed by atoms with E-state index < -0.39 is 0 Å². The van der Waals surface area contributed by atoms with E-state index in [2.05, 4.69) is 30.4 Å². The second-order valence-corrected chi connectivity index (χ2v) is 5.39. The van der Waals surface area contributed by atoms with Crippen LogP contribution in [0.1, 0.15) is 38.2 Å². The first-order chi connectivity index (χ1) is 8.81. The van der Waals surface area contributed by atoms with Crippen LogP contribution < -0.4 is 10.1 Å². The topological polar surface area (TPSA) is 21.3 Å². The van der Waals surface area contributed by atoms with Gasteiger partial charge in [-0.25, -0.2) is 0 Å². The minimum absolute atomic E-state index is 0.629. The van der Waals surface area contributed by atoms with Crippen molar-refractivity contribution < 1.29 is 4.74 Å². The molecule has 1 unspecified atom stereocenters. The molecule has 2 heteroatoms. The minimum Gasteiger partial charge on any atom is -0.497 e. The lowest BCUT2D eigenvalue weighted by molar-refractivity contribution is 0.412. The number of hydrogen-bond donors (Lipinski definition) is 1. The molecule has 1 fully saturated rings. The molecule has 0 spiro atoms. The lowest BCUT2D eigenvalue weighted by Gasteiger charge is -2.18. The monoisotopic (exact) mass is 247 g/mol. The van der Waals surface area contributed by atoms with Crippen molar-refractivity contribution in [1.29, 1.82) is 0 Å². The fraction of sp³-hybridized carbons (Fsp3) is 0.625. The molecule has 0 heterocycles. The van der Waals surface area contributed by atoms with Crippen LogP contribution in [0.25, 0.3) is 0 Å². The molecule has 100 valence electrons. The van der Waals surface area contributed by atoms with Gasteiger partial charge in [-0.1, -0.05) is 31.9 Å². The summed E-state index contributed by atoms with van der Waals surface area (Å²) in [4.78, 5) is 0. The second kappa shape index (κ2) is 6.79. The van der Waals surface area contributed by atoms with Crippen LogP contribution in [0.5, 0.6) is 5.75 Å². The first kappa shape index (κ1) is 13.4. The zero-order valence-electron chi connectivity index (χ0n) is 11.6. The molecule has 0 amide bonds. The largest absolute Gasteiger partial charge is 0.497 e. The van der Waals surface area contributed by atoms with E-state index in [1.807, 2.05) is 6.07 Å². The molecule has 1 aliphatic rings. The maximum absolute atomic E-state index is 5.29. The molecule has 0 aromatic heterocycles. The van der Waals surface area contributed by atoms with Gasteiger partial charge in [0, 0.05) is 6.04 Å². The van der Waals surface area contributed by atoms with Crippen molar-refractivity contribution in [3.63, 3.8) is 0 Å². The highest BCUT2D eigenvalue weighted by Gasteiger charge is 2.25. The third-order valence-corrected chi connectivity index (χ3v) is 3.61. The van der Waals surface area contributed by atoms with Crippen LogP contribution in [0.3, 0.4) is 0 Å². The fourth-order valence-electron chi connectivity index (χ4n) is 2.43. The summed E-state index contributed by atoms with van der Waals surface area (Å²) in [6, 6.07) is 9.09. The molecular weight excluding hydrogens is 222 g/mol. The summed E-state index contributed by atoms with van der Waals surface area (Å²) in [6.07, 6.45) is 6.52. The van der Waals surface area contributed by atoms with Crippen molar-refractivity contribution in [2.24, 2.45) is 5.92 Å². The standard InChI is InChI=1S/C16H25NO/c1-3-9-17-15(10-13-7-8-13)11-14-5-4-6-16(12-14)18-2/h4-6,12-13,15,17H,3,7-11H2,1-2H3. The van der Waals surface area contributed by atoms with E-state index in [0.717, 1.165) is 24.6 Å². The Kier molecular flexibility index (Phi) is 5.06. The maximum atomic E-state index is 5.29. The average Bonchev–Trinajstić information content (AvgIpc) is 3.20. The summed E-state index contributed by atoms with van der Waals surface area (Å²) in [7, 11) is 1.73. The van der Waals surface area contributed by atoms with E-state index in [9.17, 15) is 0 Å². The van der Waals surface area contributed by atoms with Gasteiger partial charge in [-0.2, -0.15) is 0 Å². The van der Waals surface area contributed by atoms with Gasteiger partial charge in [0.15, 0.2) is 0 Å². The number of methoxy groups -OCH3 is 1. The summed E-state index contributed by atoms with van der Waals surface area (Å²) >= 11 is 0. The van der Waals surface area contributed by atoms with E-state index in [0.29, 0.717) is 6.04 Å². The van der Waals surface area contributed by atoms with Gasteiger partial charge in [-0.05, 0) is 49.4 Å². The Morgan fingerprint density at radius 1 is 1.39 bits per heavy atom. The predicted molar refractivity (Wildman–Crippen MR) is 76.1 cm³/mol. The molecule has 1 atom stereocenters.